The Labute approximate surface area is 274 Å². The number of fused-ring (bicyclic) bond motifs is 1. The number of rotatable bonds is 7. The summed E-state index contributed by atoms with van der Waals surface area (Å²) in [4.78, 5) is 13.6. The SMILES string of the molecule is Nc1ccc(N2C(c3ccccc3)=C(c3ccccc3)c3ccc(C(NC(=O)c4ccccc4)c4ccccc4)cc3S2(=O)=O)cc1. The van der Waals surface area contributed by atoms with Crippen LogP contribution in [0.25, 0.3) is 11.3 Å². The van der Waals surface area contributed by atoms with Crippen LogP contribution in [-0.2, 0) is 10.0 Å². The van der Waals surface area contributed by atoms with Gasteiger partial charge in [-0.05, 0) is 64.7 Å². The molecule has 6 aromatic carbocycles. The molecule has 7 rings (SSSR count). The van der Waals surface area contributed by atoms with Gasteiger partial charge in [0.1, 0.15) is 0 Å². The first-order chi connectivity index (χ1) is 22.9. The Bertz CT molecular complexity index is 2190. The fourth-order valence-electron chi connectivity index (χ4n) is 6.03. The summed E-state index contributed by atoms with van der Waals surface area (Å²) < 4.78 is 31.4. The predicted molar refractivity (Wildman–Crippen MR) is 188 cm³/mol. The molecule has 0 saturated heterocycles. The van der Waals surface area contributed by atoms with E-state index in [4.69, 9.17) is 5.73 Å². The van der Waals surface area contributed by atoms with Gasteiger partial charge in [0.05, 0.1) is 22.3 Å². The molecule has 1 heterocycles. The zero-order valence-electron chi connectivity index (χ0n) is 25.3. The maximum Gasteiger partial charge on any atom is 0.269 e. The second-order valence-electron chi connectivity index (χ2n) is 11.3. The first-order valence-electron chi connectivity index (χ1n) is 15.2. The van der Waals surface area contributed by atoms with Gasteiger partial charge in [0.25, 0.3) is 15.9 Å². The van der Waals surface area contributed by atoms with E-state index in [1.165, 1.54) is 4.31 Å². The van der Waals surface area contributed by atoms with Gasteiger partial charge < -0.3 is 11.1 Å². The zero-order valence-corrected chi connectivity index (χ0v) is 26.1. The second kappa shape index (κ2) is 12.5. The van der Waals surface area contributed by atoms with Gasteiger partial charge in [-0.15, -0.1) is 0 Å². The Morgan fingerprint density at radius 1 is 0.617 bits per heavy atom. The number of benzene rings is 6. The second-order valence-corrected chi connectivity index (χ2v) is 13.0. The standard InChI is InChI=1S/C40H31N3O3S/c41-33-22-24-34(25-23-33)43-39(30-17-9-3-10-18-30)37(28-13-5-1-6-14-28)35-26-21-32(27-36(35)47(43,45)46)38(29-15-7-2-8-16-29)42-40(44)31-19-11-4-12-20-31/h1-27,38H,41H2,(H,42,44). The molecule has 3 N–H and O–H groups in total. The highest BCUT2D eigenvalue weighted by Gasteiger charge is 2.39. The van der Waals surface area contributed by atoms with Gasteiger partial charge in [0.15, 0.2) is 0 Å². The highest BCUT2D eigenvalue weighted by molar-refractivity contribution is 7.93. The number of nitrogens with two attached hydrogens (primary N) is 1. The lowest BCUT2D eigenvalue weighted by atomic mass is 9.90. The van der Waals surface area contributed by atoms with E-state index >= 15 is 0 Å². The summed E-state index contributed by atoms with van der Waals surface area (Å²) in [6.07, 6.45) is 0. The molecule has 0 radical (unpaired) electrons. The lowest BCUT2D eigenvalue weighted by Gasteiger charge is -2.35. The molecule has 0 bridgehead atoms. The summed E-state index contributed by atoms with van der Waals surface area (Å²) in [5.41, 5.74) is 12.5. The maximum absolute atomic E-state index is 15.0. The van der Waals surface area contributed by atoms with Crippen LogP contribution in [-0.4, -0.2) is 14.3 Å². The molecule has 230 valence electrons. The highest BCUT2D eigenvalue weighted by Crippen LogP contribution is 2.47. The summed E-state index contributed by atoms with van der Waals surface area (Å²) in [5.74, 6) is -0.264. The molecule has 1 atom stereocenters. The van der Waals surface area contributed by atoms with Gasteiger partial charge in [-0.2, -0.15) is 0 Å². The number of carbonyl (C=O) groups is 1. The molecule has 7 heteroatoms. The quantitative estimate of drug-likeness (QED) is 0.175. The first-order valence-corrected chi connectivity index (χ1v) is 16.7. The fourth-order valence-corrected chi connectivity index (χ4v) is 7.79. The lowest BCUT2D eigenvalue weighted by molar-refractivity contribution is 0.0943. The zero-order chi connectivity index (χ0) is 32.4. The van der Waals surface area contributed by atoms with E-state index in [0.29, 0.717) is 33.8 Å². The van der Waals surface area contributed by atoms with E-state index < -0.39 is 16.1 Å². The van der Waals surface area contributed by atoms with Crippen molar-refractivity contribution in [1.29, 1.82) is 0 Å². The number of nitrogen functional groups attached to an aromatic ring is 1. The summed E-state index contributed by atoms with van der Waals surface area (Å²) >= 11 is 0. The van der Waals surface area contributed by atoms with Crippen molar-refractivity contribution in [3.8, 4) is 0 Å². The van der Waals surface area contributed by atoms with E-state index in [-0.39, 0.29) is 10.8 Å². The van der Waals surface area contributed by atoms with Gasteiger partial charge in [-0.25, -0.2) is 12.7 Å². The highest BCUT2D eigenvalue weighted by atomic mass is 32.2. The molecule has 0 spiro atoms. The van der Waals surface area contributed by atoms with Crippen LogP contribution in [0.3, 0.4) is 0 Å². The van der Waals surface area contributed by atoms with E-state index in [2.05, 4.69) is 5.32 Å². The minimum Gasteiger partial charge on any atom is -0.399 e. The molecule has 1 aliphatic rings. The number of sulfonamides is 1. The number of nitrogens with zero attached hydrogens (tertiary/aromatic N) is 1. The van der Waals surface area contributed by atoms with E-state index in [9.17, 15) is 13.2 Å². The first kappa shape index (κ1) is 29.8. The third-order valence-corrected chi connectivity index (χ3v) is 10.0. The Hall–Kier alpha value is -5.92. The molecule has 1 amide bonds. The summed E-state index contributed by atoms with van der Waals surface area (Å²) in [6, 6.07) is 49.6. The van der Waals surface area contributed by atoms with E-state index in [1.54, 1.807) is 42.5 Å². The van der Waals surface area contributed by atoms with Crippen molar-refractivity contribution < 1.29 is 13.2 Å². The minimum absolute atomic E-state index is 0.139. The average molecular weight is 634 g/mol. The Morgan fingerprint density at radius 3 is 1.79 bits per heavy atom. The third kappa shape index (κ3) is 5.69. The van der Waals surface area contributed by atoms with Gasteiger partial charge in [-0.1, -0.05) is 121 Å². The third-order valence-electron chi connectivity index (χ3n) is 8.25. The molecule has 0 aromatic heterocycles. The minimum atomic E-state index is -4.18. The number of hydrogen-bond donors (Lipinski definition) is 2. The summed E-state index contributed by atoms with van der Waals surface area (Å²) in [6.45, 7) is 0. The molecular formula is C40H31N3O3S. The normalized spacial score (nSPS) is 14.3. The topological polar surface area (TPSA) is 92.5 Å². The number of nitrogens with one attached hydrogen (secondary N) is 1. The maximum atomic E-state index is 15.0. The van der Waals surface area contributed by atoms with Crippen molar-refractivity contribution in [3.05, 3.63) is 197 Å². The van der Waals surface area contributed by atoms with Gasteiger partial charge in [0.2, 0.25) is 0 Å². The van der Waals surface area contributed by atoms with Crippen LogP contribution < -0.4 is 15.4 Å². The Morgan fingerprint density at radius 2 is 1.17 bits per heavy atom. The van der Waals surface area contributed by atoms with Crippen molar-refractivity contribution in [1.82, 2.24) is 5.32 Å². The monoisotopic (exact) mass is 633 g/mol. The van der Waals surface area contributed by atoms with Crippen LogP contribution in [0.15, 0.2) is 169 Å². The smallest absolute Gasteiger partial charge is 0.269 e. The van der Waals surface area contributed by atoms with Crippen LogP contribution in [0.5, 0.6) is 0 Å². The average Bonchev–Trinajstić information content (AvgIpc) is 3.12. The van der Waals surface area contributed by atoms with Crippen LogP contribution in [0.1, 0.15) is 44.2 Å². The van der Waals surface area contributed by atoms with Gasteiger partial charge in [0, 0.05) is 22.4 Å². The molecule has 47 heavy (non-hydrogen) atoms. The number of amides is 1. The van der Waals surface area contributed by atoms with Crippen LogP contribution in [0.4, 0.5) is 11.4 Å². The van der Waals surface area contributed by atoms with Crippen LogP contribution in [0.2, 0.25) is 0 Å². The van der Waals surface area contributed by atoms with Crippen LogP contribution in [0, 0.1) is 0 Å². The Kier molecular flexibility index (Phi) is 7.90. The molecule has 6 aromatic rings. The molecule has 1 unspecified atom stereocenters. The summed E-state index contributed by atoms with van der Waals surface area (Å²) in [5, 5.41) is 3.15. The van der Waals surface area contributed by atoms with Crippen molar-refractivity contribution in [2.24, 2.45) is 0 Å². The molecule has 0 fully saturated rings. The van der Waals surface area contributed by atoms with Gasteiger partial charge >= 0.3 is 0 Å². The lowest BCUT2D eigenvalue weighted by Crippen LogP contribution is -2.35. The molecule has 0 saturated carbocycles. The molecule has 1 aliphatic heterocycles. The largest absolute Gasteiger partial charge is 0.399 e. The van der Waals surface area contributed by atoms with Crippen LogP contribution >= 0.6 is 0 Å². The van der Waals surface area contributed by atoms with Gasteiger partial charge in [-0.3, -0.25) is 4.79 Å². The fraction of sp³-hybridized carbons (Fsp3) is 0.0250. The number of carbonyl (C=O) groups excluding carboxylic acids is 1. The van der Waals surface area contributed by atoms with E-state index in [0.717, 1.165) is 22.3 Å². The van der Waals surface area contributed by atoms with Crippen molar-refractivity contribution >= 4 is 38.6 Å². The molecule has 0 aliphatic carbocycles. The summed E-state index contributed by atoms with van der Waals surface area (Å²) in [7, 11) is -4.18. The molecule has 6 nitrogen and oxygen atoms in total. The van der Waals surface area contributed by atoms with Crippen molar-refractivity contribution in [3.63, 3.8) is 0 Å². The predicted octanol–water partition coefficient (Wildman–Crippen LogP) is 7.91. The number of hydrogen-bond acceptors (Lipinski definition) is 4. The van der Waals surface area contributed by atoms with Crippen molar-refractivity contribution in [2.75, 3.05) is 10.0 Å². The van der Waals surface area contributed by atoms with E-state index in [1.807, 2.05) is 121 Å². The Balaban J connectivity index is 1.48. The van der Waals surface area contributed by atoms with Crippen molar-refractivity contribution in [2.45, 2.75) is 10.9 Å². The number of anilines is 2. The molecular weight excluding hydrogens is 603 g/mol.